The van der Waals surface area contributed by atoms with E-state index in [2.05, 4.69) is 25.7 Å². The van der Waals surface area contributed by atoms with Gasteiger partial charge in [0.05, 0.1) is 0 Å². The van der Waals surface area contributed by atoms with Crippen LogP contribution in [0.3, 0.4) is 0 Å². The van der Waals surface area contributed by atoms with Crippen molar-refractivity contribution in [2.75, 3.05) is 13.1 Å². The summed E-state index contributed by atoms with van der Waals surface area (Å²) in [6.07, 6.45) is 5.46. The smallest absolute Gasteiger partial charge is 0.0278 e. The molecule has 1 fully saturated rings. The highest BCUT2D eigenvalue weighted by atomic mass is 15.2. The van der Waals surface area contributed by atoms with Gasteiger partial charge in [-0.2, -0.15) is 0 Å². The summed E-state index contributed by atoms with van der Waals surface area (Å²) in [5.74, 6) is 0. The van der Waals surface area contributed by atoms with E-state index in [9.17, 15) is 0 Å². The lowest BCUT2D eigenvalue weighted by molar-refractivity contribution is 0.0859. The van der Waals surface area contributed by atoms with Crippen molar-refractivity contribution in [3.63, 3.8) is 0 Å². The highest BCUT2D eigenvalue weighted by molar-refractivity contribution is 4.87. The maximum absolute atomic E-state index is 5.81. The maximum atomic E-state index is 5.81. The normalized spacial score (nSPS) is 27.2. The van der Waals surface area contributed by atoms with Crippen molar-refractivity contribution in [1.82, 2.24) is 4.90 Å². The lowest BCUT2D eigenvalue weighted by atomic mass is 10.00. The number of rotatable bonds is 2. The van der Waals surface area contributed by atoms with E-state index in [0.717, 1.165) is 6.54 Å². The molecule has 0 radical (unpaired) electrons. The first-order chi connectivity index (χ1) is 6.08. The molecule has 1 aliphatic rings. The van der Waals surface area contributed by atoms with Crippen LogP contribution in [0.15, 0.2) is 0 Å². The Kier molecular flexibility index (Phi) is 3.74. The van der Waals surface area contributed by atoms with Crippen LogP contribution in [0.25, 0.3) is 0 Å². The molecule has 0 saturated carbocycles. The van der Waals surface area contributed by atoms with Gasteiger partial charge in [-0.25, -0.2) is 0 Å². The second kappa shape index (κ2) is 4.43. The Balaban J connectivity index is 2.63. The zero-order valence-electron chi connectivity index (χ0n) is 9.34. The second-order valence-electron chi connectivity index (χ2n) is 4.91. The third kappa shape index (κ3) is 2.68. The zero-order chi connectivity index (χ0) is 9.90. The first-order valence-corrected chi connectivity index (χ1v) is 5.55. The Bertz CT molecular complexity index is 154. The fraction of sp³-hybridized carbons (Fsp3) is 1.00. The van der Waals surface area contributed by atoms with Crippen molar-refractivity contribution < 1.29 is 0 Å². The lowest BCUT2D eigenvalue weighted by Crippen LogP contribution is -2.53. The van der Waals surface area contributed by atoms with Crippen LogP contribution >= 0.6 is 0 Å². The topological polar surface area (TPSA) is 29.3 Å². The molecule has 0 aliphatic carbocycles. The van der Waals surface area contributed by atoms with Gasteiger partial charge in [0.2, 0.25) is 0 Å². The molecular formula is C11H24N2. The molecule has 1 rings (SSSR count). The molecule has 1 atom stereocenters. The first kappa shape index (κ1) is 11.0. The fourth-order valence-corrected chi connectivity index (χ4v) is 2.29. The molecule has 13 heavy (non-hydrogen) atoms. The van der Waals surface area contributed by atoms with E-state index in [4.69, 9.17) is 5.73 Å². The predicted molar refractivity (Wildman–Crippen MR) is 57.8 cm³/mol. The van der Waals surface area contributed by atoms with Gasteiger partial charge >= 0.3 is 0 Å². The second-order valence-corrected chi connectivity index (χ2v) is 4.91. The molecule has 2 nitrogen and oxygen atoms in total. The highest BCUT2D eigenvalue weighted by Gasteiger charge is 2.29. The Morgan fingerprint density at radius 3 is 2.62 bits per heavy atom. The van der Waals surface area contributed by atoms with Crippen molar-refractivity contribution in [3.05, 3.63) is 0 Å². The minimum atomic E-state index is 0.184. The molecule has 78 valence electrons. The van der Waals surface area contributed by atoms with Crippen molar-refractivity contribution in [2.45, 2.75) is 58.0 Å². The third-order valence-corrected chi connectivity index (χ3v) is 3.33. The first-order valence-electron chi connectivity index (χ1n) is 5.55. The number of nitrogens with zero attached hydrogens (tertiary/aromatic N) is 1. The van der Waals surface area contributed by atoms with Gasteiger partial charge in [0.15, 0.2) is 0 Å². The monoisotopic (exact) mass is 184 g/mol. The molecule has 2 N–H and O–H groups in total. The molecule has 1 unspecified atom stereocenters. The van der Waals surface area contributed by atoms with Gasteiger partial charge in [-0.3, -0.25) is 4.90 Å². The van der Waals surface area contributed by atoms with Crippen LogP contribution in [0.4, 0.5) is 0 Å². The summed E-state index contributed by atoms with van der Waals surface area (Å²) in [4.78, 5) is 2.58. The summed E-state index contributed by atoms with van der Waals surface area (Å²) in [7, 11) is 0. The Morgan fingerprint density at radius 2 is 2.00 bits per heavy atom. The van der Waals surface area contributed by atoms with E-state index in [0.29, 0.717) is 6.04 Å². The van der Waals surface area contributed by atoms with Crippen LogP contribution in [0.2, 0.25) is 0 Å². The summed E-state index contributed by atoms with van der Waals surface area (Å²) >= 11 is 0. The average Bonchev–Trinajstić information content (AvgIpc) is 2.30. The van der Waals surface area contributed by atoms with Crippen molar-refractivity contribution in [1.29, 1.82) is 0 Å². The number of hydrogen-bond acceptors (Lipinski definition) is 2. The van der Waals surface area contributed by atoms with Crippen molar-refractivity contribution in [3.8, 4) is 0 Å². The van der Waals surface area contributed by atoms with E-state index >= 15 is 0 Å². The lowest BCUT2D eigenvalue weighted by Gasteiger charge is -2.41. The van der Waals surface area contributed by atoms with Gasteiger partial charge in [0.25, 0.3) is 0 Å². The Hall–Kier alpha value is -0.0800. The van der Waals surface area contributed by atoms with Gasteiger partial charge in [0, 0.05) is 18.1 Å². The molecule has 1 saturated heterocycles. The summed E-state index contributed by atoms with van der Waals surface area (Å²) < 4.78 is 0. The summed E-state index contributed by atoms with van der Waals surface area (Å²) in [5.41, 5.74) is 5.99. The fourth-order valence-electron chi connectivity index (χ4n) is 2.29. The van der Waals surface area contributed by atoms with Crippen LogP contribution in [-0.2, 0) is 0 Å². The maximum Gasteiger partial charge on any atom is 0.0278 e. The van der Waals surface area contributed by atoms with E-state index in [1.54, 1.807) is 0 Å². The van der Waals surface area contributed by atoms with E-state index in [1.165, 1.54) is 32.2 Å². The molecule has 0 aromatic heterocycles. The van der Waals surface area contributed by atoms with Gasteiger partial charge in [0.1, 0.15) is 0 Å². The molecule has 0 spiro atoms. The van der Waals surface area contributed by atoms with E-state index in [1.807, 2.05) is 0 Å². The third-order valence-electron chi connectivity index (χ3n) is 3.33. The minimum absolute atomic E-state index is 0.184. The van der Waals surface area contributed by atoms with Crippen LogP contribution in [0.5, 0.6) is 0 Å². The molecule has 0 bridgehead atoms. The quantitative estimate of drug-likeness (QED) is 0.711. The standard InChI is InChI=1S/C11H24N2/c1-10-7-5-4-6-8-13(10)11(2,3)9-12/h10H,4-9,12H2,1-3H3. The summed E-state index contributed by atoms with van der Waals surface area (Å²) in [5, 5.41) is 0. The molecule has 1 aliphatic heterocycles. The van der Waals surface area contributed by atoms with Gasteiger partial charge in [-0.1, -0.05) is 12.8 Å². The van der Waals surface area contributed by atoms with E-state index < -0.39 is 0 Å². The Labute approximate surface area is 82.5 Å². The Morgan fingerprint density at radius 1 is 1.31 bits per heavy atom. The van der Waals surface area contributed by atoms with Gasteiger partial charge < -0.3 is 5.73 Å². The van der Waals surface area contributed by atoms with E-state index in [-0.39, 0.29) is 5.54 Å². The number of hydrogen-bond donors (Lipinski definition) is 1. The van der Waals surface area contributed by atoms with Gasteiger partial charge in [-0.15, -0.1) is 0 Å². The number of nitrogens with two attached hydrogens (primary N) is 1. The van der Waals surface area contributed by atoms with Crippen molar-refractivity contribution >= 4 is 0 Å². The van der Waals surface area contributed by atoms with Crippen LogP contribution in [0, 0.1) is 0 Å². The number of likely N-dealkylation sites (tertiary alicyclic amines) is 1. The molecule has 1 heterocycles. The molecule has 2 heteroatoms. The predicted octanol–water partition coefficient (Wildman–Crippen LogP) is 1.99. The molecule has 0 aromatic carbocycles. The zero-order valence-corrected chi connectivity index (χ0v) is 9.34. The molecule has 0 aromatic rings. The largest absolute Gasteiger partial charge is 0.329 e. The SMILES string of the molecule is CC1CCCCCN1C(C)(C)CN. The minimum Gasteiger partial charge on any atom is -0.329 e. The van der Waals surface area contributed by atoms with Gasteiger partial charge in [-0.05, 0) is 40.2 Å². The molecule has 0 amide bonds. The van der Waals surface area contributed by atoms with Crippen LogP contribution in [0.1, 0.15) is 46.5 Å². The van der Waals surface area contributed by atoms with Crippen LogP contribution < -0.4 is 5.73 Å². The summed E-state index contributed by atoms with van der Waals surface area (Å²) in [6, 6.07) is 0.709. The molecular weight excluding hydrogens is 160 g/mol. The highest BCUT2D eigenvalue weighted by Crippen LogP contribution is 2.24. The van der Waals surface area contributed by atoms with Crippen LogP contribution in [-0.4, -0.2) is 29.6 Å². The van der Waals surface area contributed by atoms with Crippen molar-refractivity contribution in [2.24, 2.45) is 5.73 Å². The average molecular weight is 184 g/mol. The summed E-state index contributed by atoms with van der Waals surface area (Å²) in [6.45, 7) is 8.84.